The van der Waals surface area contributed by atoms with Crippen LogP contribution < -0.4 is 14.2 Å². The van der Waals surface area contributed by atoms with Crippen molar-refractivity contribution in [3.05, 3.63) is 51.9 Å². The van der Waals surface area contributed by atoms with Crippen LogP contribution in [-0.2, 0) is 14.3 Å². The lowest BCUT2D eigenvalue weighted by Crippen LogP contribution is -2.28. The Morgan fingerprint density at radius 2 is 1.88 bits per heavy atom. The Hall–Kier alpha value is -3.17. The van der Waals surface area contributed by atoms with Gasteiger partial charge in [-0.25, -0.2) is 9.79 Å². The van der Waals surface area contributed by atoms with Gasteiger partial charge in [0, 0.05) is 6.54 Å². The standard InChI is InChI=1S/C24H25ClN2O6S/c1-5-27-23(29)20(34-24(27)26-16-7-9-17(30-3)10-8-16)13-15-11-18(25)22(19(12-15)31-4)33-14-21(28)32-6-2/h7-13H,5-6,14H2,1-4H3/b20-13+,26-24?. The zero-order valence-electron chi connectivity index (χ0n) is 19.3. The predicted molar refractivity (Wildman–Crippen MR) is 133 cm³/mol. The van der Waals surface area contributed by atoms with Gasteiger partial charge in [-0.1, -0.05) is 11.6 Å². The summed E-state index contributed by atoms with van der Waals surface area (Å²) < 4.78 is 20.9. The minimum Gasteiger partial charge on any atom is -0.497 e. The summed E-state index contributed by atoms with van der Waals surface area (Å²) in [5.74, 6) is 0.619. The number of methoxy groups -OCH3 is 2. The van der Waals surface area contributed by atoms with Crippen LogP contribution in [0.25, 0.3) is 6.08 Å². The number of ether oxygens (including phenoxy) is 4. The first-order valence-electron chi connectivity index (χ1n) is 10.5. The maximum Gasteiger partial charge on any atom is 0.344 e. The number of esters is 1. The van der Waals surface area contributed by atoms with E-state index in [1.165, 1.54) is 18.9 Å². The molecule has 180 valence electrons. The number of aliphatic imine (C=N–C) groups is 1. The van der Waals surface area contributed by atoms with E-state index in [1.54, 1.807) is 37.1 Å². The molecule has 0 radical (unpaired) electrons. The molecule has 8 nitrogen and oxygen atoms in total. The molecule has 10 heteroatoms. The number of nitrogens with zero attached hydrogens (tertiary/aromatic N) is 2. The number of halogens is 1. The fourth-order valence-electron chi connectivity index (χ4n) is 3.09. The predicted octanol–water partition coefficient (Wildman–Crippen LogP) is 4.92. The molecule has 0 saturated carbocycles. The van der Waals surface area contributed by atoms with Crippen LogP contribution in [0.2, 0.25) is 5.02 Å². The molecule has 1 heterocycles. The van der Waals surface area contributed by atoms with Crippen molar-refractivity contribution in [1.82, 2.24) is 4.90 Å². The third-order valence-electron chi connectivity index (χ3n) is 4.69. The molecule has 0 bridgehead atoms. The second kappa shape index (κ2) is 11.8. The molecule has 2 aromatic carbocycles. The second-order valence-electron chi connectivity index (χ2n) is 6.88. The maximum atomic E-state index is 13.0. The fraction of sp³-hybridized carbons (Fsp3) is 0.292. The largest absolute Gasteiger partial charge is 0.497 e. The van der Waals surface area contributed by atoms with Crippen LogP contribution in [0.3, 0.4) is 0 Å². The number of hydrogen-bond acceptors (Lipinski definition) is 8. The van der Waals surface area contributed by atoms with E-state index in [9.17, 15) is 9.59 Å². The van der Waals surface area contributed by atoms with Crippen molar-refractivity contribution >= 4 is 52.2 Å². The highest BCUT2D eigenvalue weighted by molar-refractivity contribution is 8.18. The molecule has 34 heavy (non-hydrogen) atoms. The Morgan fingerprint density at radius 3 is 2.50 bits per heavy atom. The third-order valence-corrected chi connectivity index (χ3v) is 5.98. The van der Waals surface area contributed by atoms with Crippen LogP contribution in [0.1, 0.15) is 19.4 Å². The molecule has 0 spiro atoms. The third kappa shape index (κ3) is 6.03. The highest BCUT2D eigenvalue weighted by atomic mass is 35.5. The van der Waals surface area contributed by atoms with Crippen molar-refractivity contribution in [2.45, 2.75) is 13.8 Å². The molecule has 1 fully saturated rings. The van der Waals surface area contributed by atoms with E-state index in [0.29, 0.717) is 33.6 Å². The van der Waals surface area contributed by atoms with Crippen molar-refractivity contribution in [2.75, 3.05) is 34.0 Å². The number of amides is 1. The highest BCUT2D eigenvalue weighted by Crippen LogP contribution is 2.39. The number of likely N-dealkylation sites (N-methyl/N-ethyl adjacent to an activating group) is 1. The zero-order valence-corrected chi connectivity index (χ0v) is 20.9. The number of hydrogen-bond donors (Lipinski definition) is 0. The molecule has 3 rings (SSSR count). The maximum absolute atomic E-state index is 13.0. The van der Waals surface area contributed by atoms with Crippen LogP contribution in [-0.4, -0.2) is 55.9 Å². The Labute approximate surface area is 207 Å². The lowest BCUT2D eigenvalue weighted by Gasteiger charge is -2.13. The molecular formula is C24H25ClN2O6S. The minimum atomic E-state index is -0.511. The van der Waals surface area contributed by atoms with Crippen LogP contribution in [0.15, 0.2) is 46.3 Å². The Balaban J connectivity index is 1.86. The average Bonchev–Trinajstić information content (AvgIpc) is 3.12. The number of thioether (sulfide) groups is 1. The molecule has 0 unspecified atom stereocenters. The Kier molecular flexibility index (Phi) is 8.84. The van der Waals surface area contributed by atoms with E-state index >= 15 is 0 Å². The van der Waals surface area contributed by atoms with Gasteiger partial charge >= 0.3 is 5.97 Å². The van der Waals surface area contributed by atoms with Gasteiger partial charge in [-0.3, -0.25) is 9.69 Å². The molecule has 1 saturated heterocycles. The van der Waals surface area contributed by atoms with Crippen LogP contribution in [0.4, 0.5) is 5.69 Å². The fourth-order valence-corrected chi connectivity index (χ4v) is 4.42. The van der Waals surface area contributed by atoms with Crippen molar-refractivity contribution in [2.24, 2.45) is 4.99 Å². The SMILES string of the molecule is CCOC(=O)COc1c(Cl)cc(/C=C2/SC(=Nc3ccc(OC)cc3)N(CC)C2=O)cc1OC. The van der Waals surface area contributed by atoms with Gasteiger partial charge in [-0.15, -0.1) is 0 Å². The lowest BCUT2D eigenvalue weighted by molar-refractivity contribution is -0.145. The van der Waals surface area contributed by atoms with Crippen LogP contribution in [0.5, 0.6) is 17.2 Å². The van der Waals surface area contributed by atoms with Gasteiger partial charge in [0.25, 0.3) is 5.91 Å². The van der Waals surface area contributed by atoms with Crippen molar-refractivity contribution < 1.29 is 28.5 Å². The van der Waals surface area contributed by atoms with E-state index in [-0.39, 0.29) is 29.9 Å². The van der Waals surface area contributed by atoms with Gasteiger partial charge in [0.05, 0.1) is 36.4 Å². The monoisotopic (exact) mass is 504 g/mol. The first kappa shape index (κ1) is 25.5. The molecule has 0 aromatic heterocycles. The Bertz CT molecular complexity index is 1120. The zero-order chi connectivity index (χ0) is 24.7. The van der Waals surface area contributed by atoms with E-state index in [0.717, 1.165) is 5.75 Å². The summed E-state index contributed by atoms with van der Waals surface area (Å²) in [5.41, 5.74) is 1.35. The van der Waals surface area contributed by atoms with Gasteiger partial charge in [0.15, 0.2) is 23.3 Å². The normalized spacial score (nSPS) is 15.7. The van der Waals surface area contributed by atoms with Crippen LogP contribution >= 0.6 is 23.4 Å². The first-order valence-corrected chi connectivity index (χ1v) is 11.7. The second-order valence-corrected chi connectivity index (χ2v) is 8.30. The van der Waals surface area contributed by atoms with Crippen molar-refractivity contribution in [3.8, 4) is 17.2 Å². The number of rotatable bonds is 9. The van der Waals surface area contributed by atoms with Crippen LogP contribution in [0, 0.1) is 0 Å². The van der Waals surface area contributed by atoms with Gasteiger partial charge in [0.2, 0.25) is 0 Å². The van der Waals surface area contributed by atoms with Crippen molar-refractivity contribution in [1.29, 1.82) is 0 Å². The smallest absolute Gasteiger partial charge is 0.344 e. The first-order chi connectivity index (χ1) is 16.4. The van der Waals surface area contributed by atoms with Gasteiger partial charge in [0.1, 0.15) is 5.75 Å². The molecule has 0 atom stereocenters. The molecule has 1 amide bonds. The molecule has 1 aliphatic rings. The highest BCUT2D eigenvalue weighted by Gasteiger charge is 2.32. The number of carbonyl (C=O) groups excluding carboxylic acids is 2. The summed E-state index contributed by atoms with van der Waals surface area (Å²) in [6, 6.07) is 10.6. The molecule has 1 aliphatic heterocycles. The van der Waals surface area contributed by atoms with Gasteiger partial charge in [-0.05, 0) is 73.6 Å². The summed E-state index contributed by atoms with van der Waals surface area (Å²) >= 11 is 7.66. The molecular weight excluding hydrogens is 480 g/mol. The number of benzene rings is 2. The summed E-state index contributed by atoms with van der Waals surface area (Å²) in [4.78, 5) is 31.3. The van der Waals surface area contributed by atoms with Gasteiger partial charge < -0.3 is 18.9 Å². The quantitative estimate of drug-likeness (QED) is 0.353. The summed E-state index contributed by atoms with van der Waals surface area (Å²) in [5, 5.41) is 0.821. The number of carbonyl (C=O) groups is 2. The van der Waals surface area contributed by atoms with E-state index in [1.807, 2.05) is 31.2 Å². The topological polar surface area (TPSA) is 86.7 Å². The van der Waals surface area contributed by atoms with E-state index in [4.69, 9.17) is 30.5 Å². The summed E-state index contributed by atoms with van der Waals surface area (Å²) in [7, 11) is 3.07. The van der Waals surface area contributed by atoms with Gasteiger partial charge in [-0.2, -0.15) is 0 Å². The molecule has 0 N–H and O–H groups in total. The average molecular weight is 505 g/mol. The van der Waals surface area contributed by atoms with E-state index < -0.39 is 5.97 Å². The van der Waals surface area contributed by atoms with Crippen molar-refractivity contribution in [3.63, 3.8) is 0 Å². The Morgan fingerprint density at radius 1 is 1.15 bits per heavy atom. The summed E-state index contributed by atoms with van der Waals surface area (Å²) in [6.45, 7) is 4.03. The molecule has 0 aliphatic carbocycles. The number of amidine groups is 1. The lowest BCUT2D eigenvalue weighted by atomic mass is 10.1. The summed E-state index contributed by atoms with van der Waals surface area (Å²) in [6.07, 6.45) is 1.72. The molecule has 2 aromatic rings. The van der Waals surface area contributed by atoms with E-state index in [2.05, 4.69) is 4.99 Å². The minimum absolute atomic E-state index is 0.155.